The van der Waals surface area contributed by atoms with Crippen LogP contribution in [0.25, 0.3) is 6.08 Å². The van der Waals surface area contributed by atoms with Crippen molar-refractivity contribution < 1.29 is 18.0 Å². The molecule has 0 aliphatic heterocycles. The van der Waals surface area contributed by atoms with Gasteiger partial charge in [-0.1, -0.05) is 29.8 Å². The van der Waals surface area contributed by atoms with Gasteiger partial charge >= 0.3 is 6.18 Å². The Morgan fingerprint density at radius 3 is 2.12 bits per heavy atom. The van der Waals surface area contributed by atoms with Gasteiger partial charge in [0.15, 0.2) is 0 Å². The summed E-state index contributed by atoms with van der Waals surface area (Å²) < 4.78 is 36.2. The van der Waals surface area contributed by atoms with Crippen LogP contribution in [-0.4, -0.2) is 12.0 Å². The zero-order valence-corrected chi connectivity index (χ0v) is 8.93. The molecular formula is C12H11F3O. The van der Waals surface area contributed by atoms with Crippen molar-refractivity contribution in [3.05, 3.63) is 41.0 Å². The minimum Gasteiger partial charge on any atom is -0.284 e. The van der Waals surface area contributed by atoms with E-state index in [0.29, 0.717) is 5.56 Å². The van der Waals surface area contributed by atoms with Gasteiger partial charge in [-0.05, 0) is 25.5 Å². The minimum absolute atomic E-state index is 0.309. The Kier molecular flexibility index (Phi) is 3.52. The van der Waals surface area contributed by atoms with E-state index in [9.17, 15) is 18.0 Å². The van der Waals surface area contributed by atoms with Gasteiger partial charge in [-0.25, -0.2) is 0 Å². The highest BCUT2D eigenvalue weighted by Crippen LogP contribution is 2.21. The number of rotatable bonds is 2. The van der Waals surface area contributed by atoms with Gasteiger partial charge in [-0.2, -0.15) is 13.2 Å². The highest BCUT2D eigenvalue weighted by molar-refractivity contribution is 6.02. The number of carbonyl (C=O) groups excluding carboxylic acids is 1. The second-order valence-electron chi connectivity index (χ2n) is 3.56. The molecule has 0 aromatic heterocycles. The predicted octanol–water partition coefficient (Wildman–Crippen LogP) is 3.53. The van der Waals surface area contributed by atoms with Crippen LogP contribution in [0.2, 0.25) is 0 Å². The number of ketones is 1. The molecule has 0 heterocycles. The molecule has 86 valence electrons. The third kappa shape index (κ3) is 3.22. The molecule has 0 saturated heterocycles. The summed E-state index contributed by atoms with van der Waals surface area (Å²) in [6.07, 6.45) is -3.57. The average Bonchev–Trinajstić information content (AvgIpc) is 2.19. The van der Waals surface area contributed by atoms with Crippen molar-refractivity contribution in [2.24, 2.45) is 0 Å². The van der Waals surface area contributed by atoms with E-state index in [-0.39, 0.29) is 5.57 Å². The fourth-order valence-electron chi connectivity index (χ4n) is 1.20. The highest BCUT2D eigenvalue weighted by atomic mass is 19.4. The first-order valence-electron chi connectivity index (χ1n) is 4.67. The normalized spacial score (nSPS) is 12.7. The lowest BCUT2D eigenvalue weighted by atomic mass is 10.1. The van der Waals surface area contributed by atoms with Gasteiger partial charge in [0, 0.05) is 5.57 Å². The van der Waals surface area contributed by atoms with Crippen LogP contribution in [0.15, 0.2) is 29.8 Å². The van der Waals surface area contributed by atoms with E-state index in [1.807, 2.05) is 6.92 Å². The fraction of sp³-hybridized carbons (Fsp3) is 0.250. The number of allylic oxidation sites excluding steroid dienone is 1. The van der Waals surface area contributed by atoms with E-state index in [1.54, 1.807) is 24.3 Å². The van der Waals surface area contributed by atoms with Gasteiger partial charge in [0.2, 0.25) is 0 Å². The maximum absolute atomic E-state index is 12.1. The van der Waals surface area contributed by atoms with Crippen LogP contribution in [0, 0.1) is 6.92 Å². The molecule has 4 heteroatoms. The Morgan fingerprint density at radius 2 is 1.69 bits per heavy atom. The molecule has 0 amide bonds. The van der Waals surface area contributed by atoms with Crippen molar-refractivity contribution in [2.75, 3.05) is 0 Å². The molecule has 0 N–H and O–H groups in total. The number of aryl methyl sites for hydroxylation is 1. The Balaban J connectivity index is 2.93. The molecule has 1 nitrogen and oxygen atoms in total. The van der Waals surface area contributed by atoms with Crippen LogP contribution in [0.1, 0.15) is 18.1 Å². The van der Waals surface area contributed by atoms with Crippen LogP contribution in [0.5, 0.6) is 0 Å². The average molecular weight is 228 g/mol. The Hall–Kier alpha value is -1.58. The Labute approximate surface area is 91.6 Å². The Bertz CT molecular complexity index is 413. The van der Waals surface area contributed by atoms with E-state index in [0.717, 1.165) is 12.5 Å². The number of hydrogen-bond donors (Lipinski definition) is 0. The standard InChI is InChI=1S/C12H11F3O/c1-8-3-5-10(6-4-8)7-9(2)11(16)12(13,14)15/h3-7H,1-2H3/b9-7+. The van der Waals surface area contributed by atoms with Crippen LogP contribution in [0.3, 0.4) is 0 Å². The molecule has 1 aromatic rings. The fourth-order valence-corrected chi connectivity index (χ4v) is 1.20. The lowest BCUT2D eigenvalue weighted by Gasteiger charge is -2.05. The molecule has 16 heavy (non-hydrogen) atoms. The SMILES string of the molecule is C/C(=C\c1ccc(C)cc1)C(=O)C(F)(F)F. The molecule has 0 atom stereocenters. The van der Waals surface area contributed by atoms with Gasteiger partial charge in [-0.15, -0.1) is 0 Å². The molecule has 0 saturated carbocycles. The van der Waals surface area contributed by atoms with E-state index in [2.05, 4.69) is 0 Å². The third-order valence-corrected chi connectivity index (χ3v) is 2.08. The molecule has 0 fully saturated rings. The maximum atomic E-state index is 12.1. The molecule has 0 unspecified atom stereocenters. The zero-order chi connectivity index (χ0) is 12.3. The summed E-state index contributed by atoms with van der Waals surface area (Å²) in [4.78, 5) is 10.8. The molecule has 1 rings (SSSR count). The van der Waals surface area contributed by atoms with Crippen LogP contribution >= 0.6 is 0 Å². The van der Waals surface area contributed by atoms with E-state index in [4.69, 9.17) is 0 Å². The first kappa shape index (κ1) is 12.5. The van der Waals surface area contributed by atoms with E-state index >= 15 is 0 Å². The summed E-state index contributed by atoms with van der Waals surface area (Å²) >= 11 is 0. The smallest absolute Gasteiger partial charge is 0.284 e. The lowest BCUT2D eigenvalue weighted by Crippen LogP contribution is -2.23. The summed E-state index contributed by atoms with van der Waals surface area (Å²) in [5.41, 5.74) is 1.29. The third-order valence-electron chi connectivity index (χ3n) is 2.08. The quantitative estimate of drug-likeness (QED) is 0.708. The molecule has 0 aliphatic carbocycles. The number of halogens is 3. The summed E-state index contributed by atoms with van der Waals surface area (Å²) in [6, 6.07) is 6.89. The molecule has 0 spiro atoms. The van der Waals surface area contributed by atoms with Crippen molar-refractivity contribution in [3.8, 4) is 0 Å². The van der Waals surface area contributed by atoms with E-state index in [1.165, 1.54) is 6.08 Å². The van der Waals surface area contributed by atoms with Crippen LogP contribution < -0.4 is 0 Å². The molecule has 0 aliphatic rings. The largest absolute Gasteiger partial charge is 0.454 e. The summed E-state index contributed by atoms with van der Waals surface area (Å²) in [5.74, 6) is -1.80. The summed E-state index contributed by atoms with van der Waals surface area (Å²) in [7, 11) is 0. The van der Waals surface area contributed by atoms with Gasteiger partial charge in [0.1, 0.15) is 0 Å². The van der Waals surface area contributed by atoms with Gasteiger partial charge in [0.05, 0.1) is 0 Å². The second kappa shape index (κ2) is 4.51. The first-order valence-corrected chi connectivity index (χ1v) is 4.67. The minimum atomic E-state index is -4.80. The van der Waals surface area contributed by atoms with Crippen molar-refractivity contribution in [3.63, 3.8) is 0 Å². The first-order chi connectivity index (χ1) is 7.30. The maximum Gasteiger partial charge on any atom is 0.454 e. The predicted molar refractivity (Wildman–Crippen MR) is 55.9 cm³/mol. The Morgan fingerprint density at radius 1 is 1.19 bits per heavy atom. The molecule has 0 radical (unpaired) electrons. The van der Waals surface area contributed by atoms with Crippen LogP contribution in [0.4, 0.5) is 13.2 Å². The van der Waals surface area contributed by atoms with Gasteiger partial charge in [0.25, 0.3) is 5.78 Å². The van der Waals surface area contributed by atoms with Crippen molar-refractivity contribution in [1.29, 1.82) is 0 Å². The van der Waals surface area contributed by atoms with Crippen molar-refractivity contribution in [1.82, 2.24) is 0 Å². The number of carbonyl (C=O) groups is 1. The number of benzene rings is 1. The highest BCUT2D eigenvalue weighted by Gasteiger charge is 2.38. The number of hydrogen-bond acceptors (Lipinski definition) is 1. The monoisotopic (exact) mass is 228 g/mol. The molecular weight excluding hydrogens is 217 g/mol. The van der Waals surface area contributed by atoms with Gasteiger partial charge < -0.3 is 0 Å². The molecule has 1 aromatic carbocycles. The number of alkyl halides is 3. The summed E-state index contributed by atoms with van der Waals surface area (Å²) in [5, 5.41) is 0. The summed E-state index contributed by atoms with van der Waals surface area (Å²) in [6.45, 7) is 3.04. The van der Waals surface area contributed by atoms with Crippen LogP contribution in [-0.2, 0) is 4.79 Å². The zero-order valence-electron chi connectivity index (χ0n) is 8.93. The number of Topliss-reactive ketones (excluding diaryl/α,β-unsaturated/α-hetero) is 1. The second-order valence-corrected chi connectivity index (χ2v) is 3.56. The molecule has 0 bridgehead atoms. The van der Waals surface area contributed by atoms with Crippen molar-refractivity contribution in [2.45, 2.75) is 20.0 Å². The topological polar surface area (TPSA) is 17.1 Å². The van der Waals surface area contributed by atoms with Crippen molar-refractivity contribution >= 4 is 11.9 Å². The van der Waals surface area contributed by atoms with Gasteiger partial charge in [-0.3, -0.25) is 4.79 Å². The van der Waals surface area contributed by atoms with E-state index < -0.39 is 12.0 Å². The lowest BCUT2D eigenvalue weighted by molar-refractivity contribution is -0.166.